The number of amides is 1. The number of nitrogens with zero attached hydrogens (tertiary/aromatic N) is 4. The summed E-state index contributed by atoms with van der Waals surface area (Å²) in [6, 6.07) is 7.61. The lowest BCUT2D eigenvalue weighted by molar-refractivity contribution is -0.129. The van der Waals surface area contributed by atoms with Crippen LogP contribution in [-0.4, -0.2) is 28.7 Å². The van der Waals surface area contributed by atoms with Gasteiger partial charge in [-0.15, -0.1) is 0 Å². The molecule has 1 aromatic heterocycles. The van der Waals surface area contributed by atoms with E-state index in [1.165, 1.54) is 12.4 Å². The first kappa shape index (κ1) is 20.1. The summed E-state index contributed by atoms with van der Waals surface area (Å²) >= 11 is 0. The minimum atomic E-state index is -0.700. The maximum atomic E-state index is 14.1. The number of hydrogen-bond acceptors (Lipinski definition) is 5. The third-order valence-corrected chi connectivity index (χ3v) is 4.40. The molecule has 0 spiro atoms. The van der Waals surface area contributed by atoms with Crippen molar-refractivity contribution in [2.75, 3.05) is 6.61 Å². The van der Waals surface area contributed by atoms with Crippen LogP contribution in [0.1, 0.15) is 36.4 Å². The fraction of sp³-hybridized carbons (Fsp3) is 0.238. The molecule has 148 valence electrons. The zero-order valence-electron chi connectivity index (χ0n) is 15.5. The molecule has 29 heavy (non-hydrogen) atoms. The van der Waals surface area contributed by atoms with Crippen LogP contribution in [0, 0.1) is 23.0 Å². The highest BCUT2D eigenvalue weighted by Gasteiger charge is 2.31. The Kier molecular flexibility index (Phi) is 6.29. The van der Waals surface area contributed by atoms with Gasteiger partial charge in [0.15, 0.2) is 0 Å². The van der Waals surface area contributed by atoms with Crippen molar-refractivity contribution < 1.29 is 18.3 Å². The topological polar surface area (TPSA) is 78.6 Å². The van der Waals surface area contributed by atoms with Gasteiger partial charge in [-0.1, -0.05) is 6.58 Å². The Balaban J connectivity index is 1.53. The van der Waals surface area contributed by atoms with E-state index in [0.717, 1.165) is 23.2 Å². The highest BCUT2D eigenvalue weighted by Crippen LogP contribution is 2.31. The molecule has 0 saturated heterocycles. The van der Waals surface area contributed by atoms with Crippen molar-refractivity contribution in [2.45, 2.75) is 25.3 Å². The first-order chi connectivity index (χ1) is 14.0. The fourth-order valence-electron chi connectivity index (χ4n) is 2.90. The van der Waals surface area contributed by atoms with Crippen LogP contribution in [0.5, 0.6) is 5.88 Å². The van der Waals surface area contributed by atoms with Crippen molar-refractivity contribution in [3.8, 4) is 11.9 Å². The third kappa shape index (κ3) is 4.82. The van der Waals surface area contributed by atoms with Crippen LogP contribution in [0.4, 0.5) is 8.78 Å². The minimum Gasteiger partial charge on any atom is -0.478 e. The molecule has 2 aromatic rings. The number of carbonyl (C=O) groups excluding carboxylic acids is 1. The molecule has 1 amide bonds. The Morgan fingerprint density at radius 1 is 1.34 bits per heavy atom. The average molecular weight is 396 g/mol. The number of nitriles is 1. The standard InChI is InChI=1S/C21H18F2N4O2/c1-14(3-2-10-29-20-7-4-15(12-24)13-25-20)21(28)27-19(8-9-26-27)17-11-16(22)5-6-18(17)23/h4-7,9,11,13,19H,1-3,8,10H2. The molecule has 0 saturated carbocycles. The predicted octanol–water partition coefficient (Wildman–Crippen LogP) is 3.91. The van der Waals surface area contributed by atoms with Crippen molar-refractivity contribution in [3.63, 3.8) is 0 Å². The van der Waals surface area contributed by atoms with E-state index in [1.807, 2.05) is 6.07 Å². The molecular weight excluding hydrogens is 378 g/mol. The molecule has 0 bridgehead atoms. The lowest BCUT2D eigenvalue weighted by atomic mass is 10.0. The summed E-state index contributed by atoms with van der Waals surface area (Å²) in [5.74, 6) is -1.22. The second-order valence-corrected chi connectivity index (χ2v) is 6.42. The van der Waals surface area contributed by atoms with Gasteiger partial charge in [-0.2, -0.15) is 10.4 Å². The molecule has 1 aliphatic heterocycles. The molecule has 0 N–H and O–H groups in total. The number of hydrazone groups is 1. The number of aromatic nitrogens is 1. The number of ether oxygens (including phenoxy) is 1. The molecule has 1 unspecified atom stereocenters. The highest BCUT2D eigenvalue weighted by molar-refractivity contribution is 5.94. The van der Waals surface area contributed by atoms with Crippen LogP contribution in [0.25, 0.3) is 0 Å². The van der Waals surface area contributed by atoms with Gasteiger partial charge in [-0.05, 0) is 37.1 Å². The summed E-state index contributed by atoms with van der Waals surface area (Å²) < 4.78 is 33.1. The second-order valence-electron chi connectivity index (χ2n) is 6.42. The third-order valence-electron chi connectivity index (χ3n) is 4.40. The summed E-state index contributed by atoms with van der Waals surface area (Å²) in [4.78, 5) is 16.7. The van der Waals surface area contributed by atoms with E-state index in [-0.39, 0.29) is 5.56 Å². The lowest BCUT2D eigenvalue weighted by Crippen LogP contribution is -2.29. The number of hydrogen-bond donors (Lipinski definition) is 0. The molecule has 1 aromatic carbocycles. The van der Waals surface area contributed by atoms with Crippen LogP contribution >= 0.6 is 0 Å². The summed E-state index contributed by atoms with van der Waals surface area (Å²) in [5.41, 5.74) is 0.813. The van der Waals surface area contributed by atoms with E-state index in [0.29, 0.717) is 42.9 Å². The smallest absolute Gasteiger partial charge is 0.269 e. The maximum Gasteiger partial charge on any atom is 0.269 e. The number of benzene rings is 1. The zero-order chi connectivity index (χ0) is 20.8. The first-order valence-electron chi connectivity index (χ1n) is 8.97. The van der Waals surface area contributed by atoms with Crippen molar-refractivity contribution in [1.29, 1.82) is 5.26 Å². The number of rotatable bonds is 7. The Labute approximate surface area is 166 Å². The molecule has 8 heteroatoms. The van der Waals surface area contributed by atoms with Gasteiger partial charge in [0.1, 0.15) is 17.7 Å². The fourth-order valence-corrected chi connectivity index (χ4v) is 2.90. The predicted molar refractivity (Wildman–Crippen MR) is 102 cm³/mol. The van der Waals surface area contributed by atoms with E-state index in [9.17, 15) is 13.6 Å². The maximum absolute atomic E-state index is 14.1. The van der Waals surface area contributed by atoms with Gasteiger partial charge in [0.05, 0.1) is 18.2 Å². The number of pyridine rings is 1. The minimum absolute atomic E-state index is 0.0823. The molecule has 0 aliphatic carbocycles. The van der Waals surface area contributed by atoms with E-state index in [4.69, 9.17) is 10.00 Å². The quantitative estimate of drug-likeness (QED) is 0.525. The largest absolute Gasteiger partial charge is 0.478 e. The van der Waals surface area contributed by atoms with Gasteiger partial charge in [0.2, 0.25) is 5.88 Å². The van der Waals surface area contributed by atoms with Crippen LogP contribution in [-0.2, 0) is 4.79 Å². The van der Waals surface area contributed by atoms with Crippen LogP contribution in [0.3, 0.4) is 0 Å². The Morgan fingerprint density at radius 2 is 2.17 bits per heavy atom. The van der Waals surface area contributed by atoms with Gasteiger partial charge >= 0.3 is 0 Å². The van der Waals surface area contributed by atoms with E-state index in [2.05, 4.69) is 16.7 Å². The monoisotopic (exact) mass is 396 g/mol. The van der Waals surface area contributed by atoms with E-state index >= 15 is 0 Å². The average Bonchev–Trinajstić information content (AvgIpc) is 3.22. The molecule has 2 heterocycles. The molecule has 3 rings (SSSR count). The zero-order valence-corrected chi connectivity index (χ0v) is 15.5. The molecular formula is C21H18F2N4O2. The second kappa shape index (κ2) is 9.06. The van der Waals surface area contributed by atoms with Crippen molar-refractivity contribution in [1.82, 2.24) is 9.99 Å². The molecule has 0 fully saturated rings. The van der Waals surface area contributed by atoms with E-state index in [1.54, 1.807) is 12.1 Å². The molecule has 0 radical (unpaired) electrons. The Hall–Kier alpha value is -3.60. The van der Waals surface area contributed by atoms with Gasteiger partial charge in [-0.3, -0.25) is 4.79 Å². The van der Waals surface area contributed by atoms with Crippen molar-refractivity contribution in [3.05, 3.63) is 71.4 Å². The van der Waals surface area contributed by atoms with Gasteiger partial charge in [0.25, 0.3) is 5.91 Å². The highest BCUT2D eigenvalue weighted by atomic mass is 19.1. The van der Waals surface area contributed by atoms with Crippen LogP contribution in [0.2, 0.25) is 0 Å². The van der Waals surface area contributed by atoms with E-state index < -0.39 is 23.6 Å². The van der Waals surface area contributed by atoms with Gasteiger partial charge < -0.3 is 4.74 Å². The summed E-state index contributed by atoms with van der Waals surface area (Å²) in [6.45, 7) is 4.10. The molecule has 6 nitrogen and oxygen atoms in total. The Morgan fingerprint density at radius 3 is 2.90 bits per heavy atom. The number of carbonyl (C=O) groups is 1. The van der Waals surface area contributed by atoms with Gasteiger partial charge in [-0.25, -0.2) is 18.8 Å². The molecule has 1 aliphatic rings. The van der Waals surface area contributed by atoms with Crippen LogP contribution < -0.4 is 4.74 Å². The number of halogens is 2. The van der Waals surface area contributed by atoms with Gasteiger partial charge in [0, 0.05) is 36.0 Å². The first-order valence-corrected chi connectivity index (χ1v) is 8.97. The summed E-state index contributed by atoms with van der Waals surface area (Å²) in [7, 11) is 0. The SMILES string of the molecule is C=C(CCCOc1ccc(C#N)cn1)C(=O)N1N=CCC1c1cc(F)ccc1F. The lowest BCUT2D eigenvalue weighted by Gasteiger charge is -2.23. The van der Waals surface area contributed by atoms with Crippen LogP contribution in [0.15, 0.2) is 53.8 Å². The Bertz CT molecular complexity index is 983. The summed E-state index contributed by atoms with van der Waals surface area (Å²) in [6.07, 6.45) is 4.06. The normalized spacial score (nSPS) is 15.2. The van der Waals surface area contributed by atoms with Crippen molar-refractivity contribution >= 4 is 12.1 Å². The van der Waals surface area contributed by atoms with Crippen molar-refractivity contribution in [2.24, 2.45) is 5.10 Å². The molecule has 1 atom stereocenters. The summed E-state index contributed by atoms with van der Waals surface area (Å²) in [5, 5.41) is 13.9.